The number of ether oxygens (including phenoxy) is 1. The average Bonchev–Trinajstić information content (AvgIpc) is 2.88. The van der Waals surface area contributed by atoms with Crippen molar-refractivity contribution in [3.63, 3.8) is 0 Å². The molecule has 5 heteroatoms. The third-order valence-corrected chi connectivity index (χ3v) is 2.28. The maximum atomic E-state index is 10.8. The second-order valence-corrected chi connectivity index (χ2v) is 3.63. The molecule has 1 aromatic rings. The molecular formula is C10H13NO4. The van der Waals surface area contributed by atoms with Crippen LogP contribution in [0.1, 0.15) is 36.1 Å². The summed E-state index contributed by atoms with van der Waals surface area (Å²) >= 11 is 0. The van der Waals surface area contributed by atoms with Crippen LogP contribution in [0.4, 0.5) is 0 Å². The van der Waals surface area contributed by atoms with Gasteiger partial charge < -0.3 is 14.3 Å². The Kier molecular flexibility index (Phi) is 2.62. The van der Waals surface area contributed by atoms with E-state index in [-0.39, 0.29) is 11.6 Å². The molecule has 0 spiro atoms. The lowest BCUT2D eigenvalue weighted by molar-refractivity contribution is 0.0683. The lowest BCUT2D eigenvalue weighted by Crippen LogP contribution is -2.01. The van der Waals surface area contributed by atoms with Crippen LogP contribution in [0.15, 0.2) is 4.42 Å². The van der Waals surface area contributed by atoms with Crippen LogP contribution in [-0.4, -0.2) is 22.7 Å². The van der Waals surface area contributed by atoms with Crippen LogP contribution in [0.3, 0.4) is 0 Å². The van der Waals surface area contributed by atoms with Crippen LogP contribution in [0, 0.1) is 5.92 Å². The van der Waals surface area contributed by atoms with Crippen LogP contribution < -0.4 is 4.74 Å². The fourth-order valence-electron chi connectivity index (χ4n) is 1.37. The first-order valence-corrected chi connectivity index (χ1v) is 5.06. The van der Waals surface area contributed by atoms with Crippen molar-refractivity contribution in [1.29, 1.82) is 0 Å². The van der Waals surface area contributed by atoms with Crippen molar-refractivity contribution in [2.24, 2.45) is 5.92 Å². The summed E-state index contributed by atoms with van der Waals surface area (Å²) in [5.41, 5.74) is -0.118. The Morgan fingerprint density at radius 3 is 2.93 bits per heavy atom. The van der Waals surface area contributed by atoms with E-state index in [2.05, 4.69) is 4.98 Å². The van der Waals surface area contributed by atoms with Gasteiger partial charge in [-0.2, -0.15) is 0 Å². The van der Waals surface area contributed by atoms with Gasteiger partial charge in [-0.1, -0.05) is 0 Å². The highest BCUT2D eigenvalue weighted by molar-refractivity contribution is 5.87. The highest BCUT2D eigenvalue weighted by Crippen LogP contribution is 2.33. The molecule has 0 unspecified atom stereocenters. The molecule has 0 atom stereocenters. The van der Waals surface area contributed by atoms with Gasteiger partial charge in [0.15, 0.2) is 5.89 Å². The van der Waals surface area contributed by atoms with Crippen molar-refractivity contribution in [1.82, 2.24) is 4.98 Å². The minimum absolute atomic E-state index is 0.0284. The molecule has 1 aromatic heterocycles. The maximum absolute atomic E-state index is 10.8. The van der Waals surface area contributed by atoms with Gasteiger partial charge in [0.05, 0.1) is 6.61 Å². The number of carboxylic acid groups (broad SMARTS) is 1. The molecule has 5 nitrogen and oxygen atoms in total. The van der Waals surface area contributed by atoms with Crippen molar-refractivity contribution in [2.75, 3.05) is 6.61 Å². The number of hydrogen-bond donors (Lipinski definition) is 1. The molecule has 0 amide bonds. The van der Waals surface area contributed by atoms with Crippen LogP contribution >= 0.6 is 0 Å². The summed E-state index contributed by atoms with van der Waals surface area (Å²) in [6.45, 7) is 2.15. The molecule has 0 radical (unpaired) electrons. The first-order chi connectivity index (χ1) is 7.20. The van der Waals surface area contributed by atoms with Crippen LogP contribution in [0.5, 0.6) is 5.95 Å². The van der Waals surface area contributed by atoms with E-state index in [1.165, 1.54) is 12.8 Å². The molecule has 0 aromatic carbocycles. The number of aromatic nitrogens is 1. The monoisotopic (exact) mass is 211 g/mol. The number of carboxylic acids is 1. The summed E-state index contributed by atoms with van der Waals surface area (Å²) in [5, 5.41) is 8.85. The lowest BCUT2D eigenvalue weighted by atomic mass is 10.3. The van der Waals surface area contributed by atoms with Gasteiger partial charge in [-0.25, -0.2) is 9.78 Å². The molecule has 82 valence electrons. The first kappa shape index (κ1) is 10.0. The molecule has 1 aliphatic rings. The van der Waals surface area contributed by atoms with Crippen LogP contribution in [0.25, 0.3) is 0 Å². The summed E-state index contributed by atoms with van der Waals surface area (Å²) in [4.78, 5) is 14.7. The van der Waals surface area contributed by atoms with E-state index in [0.29, 0.717) is 24.8 Å². The quantitative estimate of drug-likeness (QED) is 0.802. The molecule has 1 N–H and O–H groups in total. The molecular weight excluding hydrogens is 198 g/mol. The van der Waals surface area contributed by atoms with Crippen molar-refractivity contribution >= 4 is 5.97 Å². The van der Waals surface area contributed by atoms with E-state index in [1.807, 2.05) is 0 Å². The third-order valence-electron chi connectivity index (χ3n) is 2.28. The molecule has 15 heavy (non-hydrogen) atoms. The highest BCUT2D eigenvalue weighted by Gasteiger charge is 2.27. The molecule has 1 fully saturated rings. The highest BCUT2D eigenvalue weighted by atomic mass is 16.6. The zero-order valence-corrected chi connectivity index (χ0v) is 8.52. The van der Waals surface area contributed by atoms with Gasteiger partial charge in [-0.15, -0.1) is 0 Å². The zero-order chi connectivity index (χ0) is 10.8. The summed E-state index contributed by atoms with van der Waals surface area (Å²) in [6, 6.07) is 0. The van der Waals surface area contributed by atoms with E-state index in [9.17, 15) is 4.79 Å². The lowest BCUT2D eigenvalue weighted by Gasteiger charge is -1.96. The second kappa shape index (κ2) is 3.92. The minimum Gasteiger partial charge on any atom is -0.476 e. The summed E-state index contributed by atoms with van der Waals surface area (Å²) in [5.74, 6) is 0.00279. The Morgan fingerprint density at radius 1 is 1.67 bits per heavy atom. The third kappa shape index (κ3) is 2.29. The SMILES string of the molecule is CCOc1oc(CC2CC2)nc1C(=O)O. The van der Waals surface area contributed by atoms with Crippen LogP contribution in [-0.2, 0) is 6.42 Å². The Morgan fingerprint density at radius 2 is 2.40 bits per heavy atom. The van der Waals surface area contributed by atoms with Crippen molar-refractivity contribution < 1.29 is 19.1 Å². The number of oxazole rings is 1. The normalized spacial score (nSPS) is 15.3. The smallest absolute Gasteiger partial charge is 0.362 e. The van der Waals surface area contributed by atoms with E-state index in [0.717, 1.165) is 0 Å². The molecule has 1 heterocycles. The topological polar surface area (TPSA) is 72.6 Å². The predicted octanol–water partition coefficient (Wildman–Crippen LogP) is 1.72. The fraction of sp³-hybridized carbons (Fsp3) is 0.600. The molecule has 1 aliphatic carbocycles. The van der Waals surface area contributed by atoms with E-state index in [1.54, 1.807) is 6.92 Å². The summed E-state index contributed by atoms with van der Waals surface area (Å²) in [6.07, 6.45) is 3.07. The average molecular weight is 211 g/mol. The molecule has 0 aliphatic heterocycles. The number of aromatic carboxylic acids is 1. The summed E-state index contributed by atoms with van der Waals surface area (Å²) in [7, 11) is 0. The van der Waals surface area contributed by atoms with Gasteiger partial charge in [-0.05, 0) is 25.7 Å². The van der Waals surface area contributed by atoms with Gasteiger partial charge in [0.25, 0.3) is 0 Å². The minimum atomic E-state index is -1.11. The summed E-state index contributed by atoms with van der Waals surface area (Å²) < 4.78 is 10.3. The second-order valence-electron chi connectivity index (χ2n) is 3.63. The van der Waals surface area contributed by atoms with Crippen LogP contribution in [0.2, 0.25) is 0 Å². The van der Waals surface area contributed by atoms with Gasteiger partial charge in [0.2, 0.25) is 5.69 Å². The first-order valence-electron chi connectivity index (χ1n) is 5.06. The van der Waals surface area contributed by atoms with Gasteiger partial charge in [0.1, 0.15) is 0 Å². The largest absolute Gasteiger partial charge is 0.476 e. The van der Waals surface area contributed by atoms with Gasteiger partial charge >= 0.3 is 11.9 Å². The molecule has 0 saturated heterocycles. The zero-order valence-electron chi connectivity index (χ0n) is 8.52. The maximum Gasteiger partial charge on any atom is 0.362 e. The number of nitrogens with zero attached hydrogens (tertiary/aromatic N) is 1. The molecule has 2 rings (SSSR count). The standard InChI is InChI=1S/C10H13NO4/c1-2-14-10-8(9(12)13)11-7(15-10)5-6-3-4-6/h6H,2-5H2,1H3,(H,12,13). The Labute approximate surface area is 87.1 Å². The van der Waals surface area contributed by atoms with Gasteiger partial charge in [-0.3, -0.25) is 0 Å². The van der Waals surface area contributed by atoms with E-state index < -0.39 is 5.97 Å². The number of rotatable bonds is 5. The van der Waals surface area contributed by atoms with Gasteiger partial charge in [0, 0.05) is 6.42 Å². The molecule has 0 bridgehead atoms. The predicted molar refractivity (Wildman–Crippen MR) is 51.1 cm³/mol. The number of carbonyl (C=O) groups is 1. The van der Waals surface area contributed by atoms with Crippen molar-refractivity contribution in [3.05, 3.63) is 11.6 Å². The molecule has 1 saturated carbocycles. The Balaban J connectivity index is 2.17. The fourth-order valence-corrected chi connectivity index (χ4v) is 1.37. The van der Waals surface area contributed by atoms with E-state index >= 15 is 0 Å². The Hall–Kier alpha value is -1.52. The Bertz CT molecular complexity index is 367. The van der Waals surface area contributed by atoms with Crippen molar-refractivity contribution in [3.8, 4) is 5.95 Å². The van der Waals surface area contributed by atoms with Crippen molar-refractivity contribution in [2.45, 2.75) is 26.2 Å². The van der Waals surface area contributed by atoms with E-state index in [4.69, 9.17) is 14.3 Å². The number of hydrogen-bond acceptors (Lipinski definition) is 4.